The molecule has 0 aliphatic heterocycles. The van der Waals surface area contributed by atoms with Gasteiger partial charge < -0.3 is 15.0 Å². The van der Waals surface area contributed by atoms with Crippen LogP contribution in [-0.2, 0) is 10.3 Å². The van der Waals surface area contributed by atoms with Gasteiger partial charge >= 0.3 is 0 Å². The van der Waals surface area contributed by atoms with E-state index in [0.29, 0.717) is 17.8 Å². The molecule has 1 aromatic heterocycles. The first kappa shape index (κ1) is 14.0. The molecule has 0 aromatic carbocycles. The van der Waals surface area contributed by atoms with Crippen LogP contribution in [0.15, 0.2) is 4.52 Å². The van der Waals surface area contributed by atoms with Crippen LogP contribution in [0.5, 0.6) is 0 Å². The van der Waals surface area contributed by atoms with Gasteiger partial charge in [-0.05, 0) is 32.1 Å². The Balaban J connectivity index is 1.70. The normalized spacial score (nSPS) is 24.3. The number of rotatable bonds is 5. The van der Waals surface area contributed by atoms with E-state index in [-0.39, 0.29) is 11.6 Å². The molecule has 0 saturated heterocycles. The molecular formula is C15H25N3O2. The molecule has 1 atom stereocenters. The lowest BCUT2D eigenvalue weighted by molar-refractivity contribution is -0.0275. The van der Waals surface area contributed by atoms with E-state index in [1.807, 2.05) is 0 Å². The van der Waals surface area contributed by atoms with E-state index in [9.17, 15) is 0 Å². The molecule has 2 N–H and O–H groups in total. The average molecular weight is 279 g/mol. The molecule has 5 nitrogen and oxygen atoms in total. The molecule has 0 radical (unpaired) electrons. The SMILES string of the molecule is CCC(OC1CCCC1)c1nc(C2(N)CCCC2)no1. The number of ether oxygens (including phenoxy) is 1. The molecule has 2 aliphatic rings. The van der Waals surface area contributed by atoms with Gasteiger partial charge in [-0.2, -0.15) is 4.98 Å². The van der Waals surface area contributed by atoms with Crippen molar-refractivity contribution in [3.63, 3.8) is 0 Å². The number of aromatic nitrogens is 2. The van der Waals surface area contributed by atoms with Crippen LogP contribution < -0.4 is 5.73 Å². The Labute approximate surface area is 120 Å². The number of hydrogen-bond donors (Lipinski definition) is 1. The molecule has 3 rings (SSSR count). The predicted octanol–water partition coefficient (Wildman–Crippen LogP) is 3.21. The van der Waals surface area contributed by atoms with E-state index in [1.54, 1.807) is 0 Å². The minimum atomic E-state index is -0.382. The molecular weight excluding hydrogens is 254 g/mol. The summed E-state index contributed by atoms with van der Waals surface area (Å²) in [6, 6.07) is 0. The van der Waals surface area contributed by atoms with Crippen LogP contribution in [0.3, 0.4) is 0 Å². The summed E-state index contributed by atoms with van der Waals surface area (Å²) in [5.74, 6) is 1.27. The van der Waals surface area contributed by atoms with Gasteiger partial charge in [-0.3, -0.25) is 0 Å². The summed E-state index contributed by atoms with van der Waals surface area (Å²) < 4.78 is 11.6. The molecule has 1 unspecified atom stereocenters. The Hall–Kier alpha value is -0.940. The third kappa shape index (κ3) is 2.74. The summed E-state index contributed by atoms with van der Waals surface area (Å²) >= 11 is 0. The van der Waals surface area contributed by atoms with Crippen LogP contribution >= 0.6 is 0 Å². The maximum atomic E-state index is 6.37. The number of nitrogens with zero attached hydrogens (tertiary/aromatic N) is 2. The van der Waals surface area contributed by atoms with Gasteiger partial charge in [-0.15, -0.1) is 0 Å². The smallest absolute Gasteiger partial charge is 0.255 e. The van der Waals surface area contributed by atoms with Crippen LogP contribution in [0.25, 0.3) is 0 Å². The molecule has 0 amide bonds. The van der Waals surface area contributed by atoms with E-state index in [0.717, 1.165) is 44.9 Å². The van der Waals surface area contributed by atoms with Gasteiger partial charge in [0.1, 0.15) is 6.10 Å². The lowest BCUT2D eigenvalue weighted by atomic mass is 9.99. The minimum Gasteiger partial charge on any atom is -0.365 e. The topological polar surface area (TPSA) is 74.2 Å². The van der Waals surface area contributed by atoms with Crippen molar-refractivity contribution in [2.75, 3.05) is 0 Å². The van der Waals surface area contributed by atoms with Crippen LogP contribution in [0.2, 0.25) is 0 Å². The van der Waals surface area contributed by atoms with Crippen molar-refractivity contribution in [3.8, 4) is 0 Å². The molecule has 112 valence electrons. The van der Waals surface area contributed by atoms with Crippen molar-refractivity contribution in [2.45, 2.75) is 82.5 Å². The van der Waals surface area contributed by atoms with Gasteiger partial charge in [-0.25, -0.2) is 0 Å². The highest BCUT2D eigenvalue weighted by atomic mass is 16.5. The summed E-state index contributed by atoms with van der Waals surface area (Å²) in [6.45, 7) is 2.09. The largest absolute Gasteiger partial charge is 0.365 e. The maximum absolute atomic E-state index is 6.37. The molecule has 0 bridgehead atoms. The second-order valence-corrected chi connectivity index (χ2v) is 6.26. The monoisotopic (exact) mass is 279 g/mol. The molecule has 2 fully saturated rings. The Kier molecular flexibility index (Phi) is 4.08. The van der Waals surface area contributed by atoms with Crippen molar-refractivity contribution < 1.29 is 9.26 Å². The Morgan fingerprint density at radius 1 is 1.30 bits per heavy atom. The summed E-state index contributed by atoms with van der Waals surface area (Å²) in [5, 5.41) is 4.12. The zero-order chi connectivity index (χ0) is 14.0. The van der Waals surface area contributed by atoms with E-state index < -0.39 is 0 Å². The van der Waals surface area contributed by atoms with Gasteiger partial charge in [0, 0.05) is 0 Å². The molecule has 1 aromatic rings. The third-order valence-electron chi connectivity index (χ3n) is 4.69. The van der Waals surface area contributed by atoms with Gasteiger partial charge in [0.2, 0.25) is 0 Å². The highest BCUT2D eigenvalue weighted by Crippen LogP contribution is 2.36. The first-order chi connectivity index (χ1) is 9.71. The lowest BCUT2D eigenvalue weighted by Crippen LogP contribution is -2.34. The lowest BCUT2D eigenvalue weighted by Gasteiger charge is -2.19. The summed E-state index contributed by atoms with van der Waals surface area (Å²) in [7, 11) is 0. The molecule has 0 spiro atoms. The van der Waals surface area contributed by atoms with Crippen molar-refractivity contribution in [3.05, 3.63) is 11.7 Å². The van der Waals surface area contributed by atoms with Gasteiger partial charge in [0.25, 0.3) is 5.89 Å². The van der Waals surface area contributed by atoms with Crippen LogP contribution in [0.4, 0.5) is 0 Å². The second-order valence-electron chi connectivity index (χ2n) is 6.26. The van der Waals surface area contributed by atoms with E-state index in [4.69, 9.17) is 15.0 Å². The number of hydrogen-bond acceptors (Lipinski definition) is 5. The fourth-order valence-electron chi connectivity index (χ4n) is 3.38. The Bertz CT molecular complexity index is 434. The molecule has 1 heterocycles. The fourth-order valence-corrected chi connectivity index (χ4v) is 3.38. The summed E-state index contributed by atoms with van der Waals surface area (Å²) in [5.41, 5.74) is 5.99. The van der Waals surface area contributed by atoms with E-state index >= 15 is 0 Å². The van der Waals surface area contributed by atoms with Crippen molar-refractivity contribution in [1.82, 2.24) is 10.1 Å². The first-order valence-electron chi connectivity index (χ1n) is 8.00. The quantitative estimate of drug-likeness (QED) is 0.895. The van der Waals surface area contributed by atoms with E-state index in [1.165, 1.54) is 12.8 Å². The summed E-state index contributed by atoms with van der Waals surface area (Å²) in [6.07, 6.45) is 10.2. The molecule has 2 aliphatic carbocycles. The molecule has 5 heteroatoms. The zero-order valence-electron chi connectivity index (χ0n) is 12.3. The Morgan fingerprint density at radius 2 is 2.00 bits per heavy atom. The van der Waals surface area contributed by atoms with Gasteiger partial charge in [0.05, 0.1) is 11.6 Å². The summed E-state index contributed by atoms with van der Waals surface area (Å²) in [4.78, 5) is 4.55. The first-order valence-corrected chi connectivity index (χ1v) is 8.00. The molecule has 20 heavy (non-hydrogen) atoms. The minimum absolute atomic E-state index is 0.0793. The fraction of sp³-hybridized carbons (Fsp3) is 0.867. The third-order valence-corrected chi connectivity index (χ3v) is 4.69. The average Bonchev–Trinajstić information content (AvgIpc) is 3.17. The predicted molar refractivity (Wildman–Crippen MR) is 75.0 cm³/mol. The van der Waals surface area contributed by atoms with Crippen molar-refractivity contribution in [1.29, 1.82) is 0 Å². The second kappa shape index (κ2) is 5.82. The van der Waals surface area contributed by atoms with Crippen LogP contribution in [0, 0.1) is 0 Å². The van der Waals surface area contributed by atoms with Gasteiger partial charge in [0.15, 0.2) is 5.82 Å². The van der Waals surface area contributed by atoms with Crippen LogP contribution in [0.1, 0.15) is 82.5 Å². The van der Waals surface area contributed by atoms with Gasteiger partial charge in [-0.1, -0.05) is 37.8 Å². The maximum Gasteiger partial charge on any atom is 0.255 e. The van der Waals surface area contributed by atoms with Crippen molar-refractivity contribution >= 4 is 0 Å². The van der Waals surface area contributed by atoms with E-state index in [2.05, 4.69) is 17.1 Å². The zero-order valence-corrected chi connectivity index (χ0v) is 12.3. The Morgan fingerprint density at radius 3 is 2.65 bits per heavy atom. The highest BCUT2D eigenvalue weighted by molar-refractivity contribution is 5.07. The molecule has 2 saturated carbocycles. The van der Waals surface area contributed by atoms with Crippen molar-refractivity contribution in [2.24, 2.45) is 5.73 Å². The standard InChI is InChI=1S/C15H25N3O2/c1-2-12(19-11-7-3-4-8-11)13-17-14(18-20-13)15(16)9-5-6-10-15/h11-12H,2-10,16H2,1H3. The van der Waals surface area contributed by atoms with Crippen LogP contribution in [-0.4, -0.2) is 16.2 Å². The number of nitrogens with two attached hydrogens (primary N) is 1. The highest BCUT2D eigenvalue weighted by Gasteiger charge is 2.37.